The van der Waals surface area contributed by atoms with E-state index in [4.69, 9.17) is 0 Å². The van der Waals surface area contributed by atoms with Gasteiger partial charge in [0.05, 0.1) is 6.10 Å². The van der Waals surface area contributed by atoms with Crippen molar-refractivity contribution < 1.29 is 5.11 Å². The highest BCUT2D eigenvalue weighted by Gasteiger charge is 2.58. The van der Waals surface area contributed by atoms with Crippen LogP contribution in [0.25, 0.3) is 0 Å². The molecule has 0 amide bonds. The summed E-state index contributed by atoms with van der Waals surface area (Å²) in [4.78, 5) is 0. The zero-order valence-corrected chi connectivity index (χ0v) is 14.5. The predicted octanol–water partition coefficient (Wildman–Crippen LogP) is 5.19. The lowest BCUT2D eigenvalue weighted by atomic mass is 9.43. The van der Waals surface area contributed by atoms with Gasteiger partial charge in [0.2, 0.25) is 0 Å². The Balaban J connectivity index is 1.92. The van der Waals surface area contributed by atoms with Crippen molar-refractivity contribution in [3.05, 3.63) is 12.7 Å². The summed E-state index contributed by atoms with van der Waals surface area (Å²) in [5.41, 5.74) is 0.880. The van der Waals surface area contributed by atoms with E-state index < -0.39 is 0 Å². The van der Waals surface area contributed by atoms with Gasteiger partial charge in [-0.15, -0.1) is 6.58 Å². The SMILES string of the molecule is C=C[C@@]1(C)CC[C@H]2C(CC[C@H]3C(C)(C)CCC[C@]23C)[C@@H]1O. The lowest BCUT2D eigenvalue weighted by Gasteiger charge is -2.63. The van der Waals surface area contributed by atoms with Crippen LogP contribution in [0.5, 0.6) is 0 Å². The van der Waals surface area contributed by atoms with Crippen molar-refractivity contribution >= 4 is 0 Å². The van der Waals surface area contributed by atoms with Gasteiger partial charge in [0, 0.05) is 5.41 Å². The molecule has 1 nitrogen and oxygen atoms in total. The molecular weight excluding hydrogens is 256 g/mol. The maximum absolute atomic E-state index is 11.0. The van der Waals surface area contributed by atoms with Crippen molar-refractivity contribution in [1.29, 1.82) is 0 Å². The number of fused-ring (bicyclic) bond motifs is 3. The van der Waals surface area contributed by atoms with Crippen LogP contribution in [-0.4, -0.2) is 11.2 Å². The first-order valence-electron chi connectivity index (χ1n) is 9.06. The standard InChI is InChI=1S/C20H34O/c1-6-19(4)13-10-15-14(17(19)21)8-9-16-18(2,3)11-7-12-20(15,16)5/h6,14-17,21H,1,7-13H2,2-5H3/t14?,15-,16-,17-,19-,20+/m0/s1. The van der Waals surface area contributed by atoms with Gasteiger partial charge in [-0.1, -0.05) is 40.2 Å². The molecule has 0 bridgehead atoms. The maximum Gasteiger partial charge on any atom is 0.0659 e. The second kappa shape index (κ2) is 4.85. The summed E-state index contributed by atoms with van der Waals surface area (Å²) in [6, 6.07) is 0. The molecule has 6 atom stereocenters. The fraction of sp³-hybridized carbons (Fsp3) is 0.900. The van der Waals surface area contributed by atoms with E-state index in [9.17, 15) is 5.11 Å². The molecule has 3 aliphatic rings. The van der Waals surface area contributed by atoms with Crippen LogP contribution in [0.1, 0.15) is 72.6 Å². The number of rotatable bonds is 1. The molecule has 0 aromatic rings. The number of hydrogen-bond acceptors (Lipinski definition) is 1. The van der Waals surface area contributed by atoms with Gasteiger partial charge < -0.3 is 5.11 Å². The van der Waals surface area contributed by atoms with Crippen molar-refractivity contribution in [2.45, 2.75) is 78.7 Å². The molecular formula is C20H34O. The molecule has 0 heterocycles. The second-order valence-electron chi connectivity index (χ2n) is 9.44. The molecule has 21 heavy (non-hydrogen) atoms. The van der Waals surface area contributed by atoms with E-state index in [1.54, 1.807) is 0 Å². The molecule has 3 aliphatic carbocycles. The Bertz CT molecular complexity index is 426. The number of aliphatic hydroxyl groups excluding tert-OH is 1. The monoisotopic (exact) mass is 290 g/mol. The first-order chi connectivity index (χ1) is 9.74. The van der Waals surface area contributed by atoms with Crippen LogP contribution in [0, 0.1) is 34.0 Å². The molecule has 0 aromatic heterocycles. The Morgan fingerprint density at radius 3 is 2.38 bits per heavy atom. The minimum absolute atomic E-state index is 0.0610. The van der Waals surface area contributed by atoms with Gasteiger partial charge in [-0.3, -0.25) is 0 Å². The number of hydrogen-bond donors (Lipinski definition) is 1. The Kier molecular flexibility index (Phi) is 3.60. The van der Waals surface area contributed by atoms with Crippen LogP contribution in [0.4, 0.5) is 0 Å². The van der Waals surface area contributed by atoms with E-state index in [1.807, 2.05) is 6.08 Å². The zero-order valence-electron chi connectivity index (χ0n) is 14.5. The van der Waals surface area contributed by atoms with Crippen molar-refractivity contribution in [3.8, 4) is 0 Å². The second-order valence-corrected chi connectivity index (χ2v) is 9.44. The smallest absolute Gasteiger partial charge is 0.0659 e. The van der Waals surface area contributed by atoms with E-state index >= 15 is 0 Å². The summed E-state index contributed by atoms with van der Waals surface area (Å²) in [6.45, 7) is 13.7. The summed E-state index contributed by atoms with van der Waals surface area (Å²) in [6.07, 6.45) is 10.9. The first-order valence-corrected chi connectivity index (χ1v) is 9.06. The van der Waals surface area contributed by atoms with Crippen LogP contribution < -0.4 is 0 Å². The molecule has 3 fully saturated rings. The Morgan fingerprint density at radius 2 is 1.71 bits per heavy atom. The average molecular weight is 290 g/mol. The van der Waals surface area contributed by atoms with Crippen LogP contribution >= 0.6 is 0 Å². The van der Waals surface area contributed by atoms with Crippen molar-refractivity contribution in [1.82, 2.24) is 0 Å². The molecule has 0 spiro atoms. The van der Waals surface area contributed by atoms with Gasteiger partial charge in [0.25, 0.3) is 0 Å². The first kappa shape index (κ1) is 15.6. The highest BCUT2D eigenvalue weighted by molar-refractivity contribution is 5.11. The van der Waals surface area contributed by atoms with E-state index in [1.165, 1.54) is 38.5 Å². The van der Waals surface area contributed by atoms with Gasteiger partial charge >= 0.3 is 0 Å². The molecule has 0 aliphatic heterocycles. The van der Waals surface area contributed by atoms with E-state index in [2.05, 4.69) is 34.3 Å². The summed E-state index contributed by atoms with van der Waals surface area (Å²) in [7, 11) is 0. The molecule has 0 radical (unpaired) electrons. The normalized spacial score (nSPS) is 52.6. The Morgan fingerprint density at radius 1 is 1.00 bits per heavy atom. The zero-order chi connectivity index (χ0) is 15.5. The molecule has 120 valence electrons. The average Bonchev–Trinajstić information content (AvgIpc) is 2.42. The Labute approximate surface area is 131 Å². The topological polar surface area (TPSA) is 20.2 Å². The quantitative estimate of drug-likeness (QED) is 0.659. The van der Waals surface area contributed by atoms with Crippen molar-refractivity contribution in [2.75, 3.05) is 0 Å². The van der Waals surface area contributed by atoms with Gasteiger partial charge in [-0.25, -0.2) is 0 Å². The van der Waals surface area contributed by atoms with E-state index in [0.29, 0.717) is 16.7 Å². The van der Waals surface area contributed by atoms with E-state index in [0.717, 1.165) is 18.3 Å². The third kappa shape index (κ3) is 2.14. The molecule has 0 aromatic carbocycles. The van der Waals surface area contributed by atoms with Gasteiger partial charge in [0.15, 0.2) is 0 Å². The molecule has 1 unspecified atom stereocenters. The molecule has 1 heteroatoms. The summed E-state index contributed by atoms with van der Waals surface area (Å²) >= 11 is 0. The minimum atomic E-state index is -0.184. The third-order valence-electron chi connectivity index (χ3n) is 7.97. The summed E-state index contributed by atoms with van der Waals surface area (Å²) in [5, 5.41) is 11.0. The predicted molar refractivity (Wildman–Crippen MR) is 89.0 cm³/mol. The van der Waals surface area contributed by atoms with Gasteiger partial charge in [-0.2, -0.15) is 0 Å². The molecule has 1 N–H and O–H groups in total. The number of aliphatic hydroxyl groups is 1. The lowest BCUT2D eigenvalue weighted by molar-refractivity contribution is -0.160. The fourth-order valence-corrected chi connectivity index (χ4v) is 6.63. The highest BCUT2D eigenvalue weighted by atomic mass is 16.3. The minimum Gasteiger partial charge on any atom is -0.392 e. The lowest BCUT2D eigenvalue weighted by Crippen LogP contribution is -2.57. The Hall–Kier alpha value is -0.300. The van der Waals surface area contributed by atoms with Crippen LogP contribution in [0.3, 0.4) is 0 Å². The van der Waals surface area contributed by atoms with Crippen molar-refractivity contribution in [3.63, 3.8) is 0 Å². The van der Waals surface area contributed by atoms with Crippen LogP contribution in [0.2, 0.25) is 0 Å². The largest absolute Gasteiger partial charge is 0.392 e. The molecule has 0 saturated heterocycles. The fourth-order valence-electron chi connectivity index (χ4n) is 6.63. The van der Waals surface area contributed by atoms with Crippen LogP contribution in [0.15, 0.2) is 12.7 Å². The summed E-state index contributed by atoms with van der Waals surface area (Å²) in [5.74, 6) is 2.07. The maximum atomic E-state index is 11.0. The van der Waals surface area contributed by atoms with Gasteiger partial charge in [0.1, 0.15) is 0 Å². The van der Waals surface area contributed by atoms with E-state index in [-0.39, 0.29) is 11.5 Å². The van der Waals surface area contributed by atoms with Crippen LogP contribution in [-0.2, 0) is 0 Å². The van der Waals surface area contributed by atoms with Gasteiger partial charge in [-0.05, 0) is 67.1 Å². The highest BCUT2D eigenvalue weighted by Crippen LogP contribution is 2.65. The van der Waals surface area contributed by atoms with Crippen molar-refractivity contribution in [2.24, 2.45) is 34.0 Å². The summed E-state index contributed by atoms with van der Waals surface area (Å²) < 4.78 is 0. The molecule has 3 rings (SSSR count). The third-order valence-corrected chi connectivity index (χ3v) is 7.97. The molecule has 3 saturated carbocycles.